The van der Waals surface area contributed by atoms with Crippen LogP contribution in [0.3, 0.4) is 0 Å². The minimum atomic E-state index is -0.0112. The summed E-state index contributed by atoms with van der Waals surface area (Å²) >= 11 is 1.31. The topological polar surface area (TPSA) is 88.5 Å². The van der Waals surface area contributed by atoms with Gasteiger partial charge in [-0.15, -0.1) is 0 Å². The molecule has 0 saturated heterocycles. The van der Waals surface area contributed by atoms with Gasteiger partial charge in [-0.05, 0) is 36.4 Å². The average Bonchev–Trinajstić information content (AvgIpc) is 2.48. The number of rotatable bonds is 3. The zero-order valence-electron chi connectivity index (χ0n) is 11.4. The maximum absolute atomic E-state index is 7.74. The fraction of sp³-hybridized carbons (Fsp3) is 0.0667. The monoisotopic (exact) mass is 295 g/mol. The van der Waals surface area contributed by atoms with E-state index in [1.807, 2.05) is 37.3 Å². The summed E-state index contributed by atoms with van der Waals surface area (Å²) in [6.45, 7) is 1.93. The quantitative estimate of drug-likeness (QED) is 0.440. The second kappa shape index (κ2) is 5.49. The van der Waals surface area contributed by atoms with E-state index in [0.717, 1.165) is 16.5 Å². The van der Waals surface area contributed by atoms with E-state index in [9.17, 15) is 0 Å². The zero-order chi connectivity index (χ0) is 14.8. The predicted molar refractivity (Wildman–Crippen MR) is 83.7 cm³/mol. The third kappa shape index (κ3) is 2.85. The van der Waals surface area contributed by atoms with Crippen LogP contribution in [0.4, 0.5) is 0 Å². The van der Waals surface area contributed by atoms with Crippen LogP contribution in [-0.4, -0.2) is 20.8 Å². The third-order valence-corrected chi connectivity index (χ3v) is 3.82. The molecule has 0 fully saturated rings. The van der Waals surface area contributed by atoms with Crippen molar-refractivity contribution in [3.8, 4) is 0 Å². The summed E-state index contributed by atoms with van der Waals surface area (Å²) in [5.41, 5.74) is 8.13. The van der Waals surface area contributed by atoms with Gasteiger partial charge in [0.15, 0.2) is 5.16 Å². The molecule has 2 heterocycles. The molecule has 2 aromatic heterocycles. The van der Waals surface area contributed by atoms with Crippen molar-refractivity contribution in [2.75, 3.05) is 0 Å². The molecule has 6 heteroatoms. The van der Waals surface area contributed by atoms with Gasteiger partial charge in [0.1, 0.15) is 10.9 Å². The third-order valence-electron chi connectivity index (χ3n) is 2.92. The highest BCUT2D eigenvalue weighted by molar-refractivity contribution is 7.99. The van der Waals surface area contributed by atoms with E-state index in [2.05, 4.69) is 15.0 Å². The molecule has 0 aliphatic heterocycles. The summed E-state index contributed by atoms with van der Waals surface area (Å²) in [5.74, 6) is -0.0112. The Labute approximate surface area is 126 Å². The maximum Gasteiger partial charge on any atom is 0.193 e. The van der Waals surface area contributed by atoms with Crippen molar-refractivity contribution in [2.45, 2.75) is 17.1 Å². The maximum atomic E-state index is 7.74. The average molecular weight is 295 g/mol. The SMILES string of the molecule is Cc1cnc(Sc2nc3ccccc3cc2C(=N)N)nc1. The molecule has 0 unspecified atom stereocenters. The minimum absolute atomic E-state index is 0.0112. The first kappa shape index (κ1) is 13.5. The number of hydrogen-bond acceptors (Lipinski definition) is 5. The van der Waals surface area contributed by atoms with Gasteiger partial charge in [0.2, 0.25) is 0 Å². The summed E-state index contributed by atoms with van der Waals surface area (Å²) < 4.78 is 0. The lowest BCUT2D eigenvalue weighted by atomic mass is 10.1. The number of hydrogen-bond donors (Lipinski definition) is 2. The fourth-order valence-electron chi connectivity index (χ4n) is 1.89. The van der Waals surface area contributed by atoms with Crippen molar-refractivity contribution in [3.05, 3.63) is 53.9 Å². The van der Waals surface area contributed by atoms with E-state index in [1.54, 1.807) is 12.4 Å². The summed E-state index contributed by atoms with van der Waals surface area (Å²) in [6.07, 6.45) is 3.51. The van der Waals surface area contributed by atoms with Gasteiger partial charge >= 0.3 is 0 Å². The minimum Gasteiger partial charge on any atom is -0.384 e. The number of aromatic nitrogens is 3. The molecule has 3 N–H and O–H groups in total. The number of nitrogens with two attached hydrogens (primary N) is 1. The predicted octanol–water partition coefficient (Wildman–Crippen LogP) is 2.77. The van der Waals surface area contributed by atoms with Crippen LogP contribution >= 0.6 is 11.8 Å². The van der Waals surface area contributed by atoms with Crippen molar-refractivity contribution >= 4 is 28.5 Å². The van der Waals surface area contributed by atoms with Crippen molar-refractivity contribution < 1.29 is 0 Å². The van der Waals surface area contributed by atoms with Gasteiger partial charge < -0.3 is 5.73 Å². The number of aryl methyl sites for hydroxylation is 1. The Kier molecular flexibility index (Phi) is 3.53. The number of para-hydroxylation sites is 1. The molecule has 3 rings (SSSR count). The molecule has 3 aromatic rings. The van der Waals surface area contributed by atoms with Crippen molar-refractivity contribution in [3.63, 3.8) is 0 Å². The molecule has 5 nitrogen and oxygen atoms in total. The van der Waals surface area contributed by atoms with E-state index in [4.69, 9.17) is 11.1 Å². The van der Waals surface area contributed by atoms with Gasteiger partial charge in [-0.1, -0.05) is 18.2 Å². The van der Waals surface area contributed by atoms with Crippen molar-refractivity contribution in [1.82, 2.24) is 15.0 Å². The van der Waals surface area contributed by atoms with Gasteiger partial charge in [-0.3, -0.25) is 5.41 Å². The number of pyridine rings is 1. The highest BCUT2D eigenvalue weighted by Gasteiger charge is 2.12. The largest absolute Gasteiger partial charge is 0.384 e. The van der Waals surface area contributed by atoms with Gasteiger partial charge in [-0.25, -0.2) is 15.0 Å². The molecule has 0 aliphatic rings. The number of benzene rings is 1. The Balaban J connectivity index is 2.09. The Morgan fingerprint density at radius 1 is 1.19 bits per heavy atom. The fourth-order valence-corrected chi connectivity index (χ4v) is 2.70. The Morgan fingerprint density at radius 2 is 1.90 bits per heavy atom. The zero-order valence-corrected chi connectivity index (χ0v) is 12.2. The van der Waals surface area contributed by atoms with Crippen LogP contribution in [0, 0.1) is 12.3 Å². The molecule has 21 heavy (non-hydrogen) atoms. The molecule has 104 valence electrons. The van der Waals surface area contributed by atoms with Crippen LogP contribution < -0.4 is 5.73 Å². The van der Waals surface area contributed by atoms with E-state index < -0.39 is 0 Å². The first-order chi connectivity index (χ1) is 10.1. The molecule has 0 atom stereocenters. The van der Waals surface area contributed by atoms with E-state index in [1.165, 1.54) is 11.8 Å². The van der Waals surface area contributed by atoms with Gasteiger partial charge in [-0.2, -0.15) is 0 Å². The van der Waals surface area contributed by atoms with E-state index in [0.29, 0.717) is 15.7 Å². The highest BCUT2D eigenvalue weighted by Crippen LogP contribution is 2.28. The Bertz CT molecular complexity index is 814. The summed E-state index contributed by atoms with van der Waals surface area (Å²) in [5, 5.41) is 9.92. The molecule has 1 aromatic carbocycles. The second-order valence-electron chi connectivity index (χ2n) is 4.59. The van der Waals surface area contributed by atoms with Gasteiger partial charge in [0, 0.05) is 23.3 Å². The molecular formula is C15H13N5S. The number of nitrogen functional groups attached to an aromatic ring is 1. The molecular weight excluding hydrogens is 282 g/mol. The van der Waals surface area contributed by atoms with Crippen LogP contribution in [-0.2, 0) is 0 Å². The Morgan fingerprint density at radius 3 is 2.62 bits per heavy atom. The highest BCUT2D eigenvalue weighted by atomic mass is 32.2. The van der Waals surface area contributed by atoms with Crippen LogP contribution in [0.1, 0.15) is 11.1 Å². The molecule has 0 radical (unpaired) electrons. The Hall–Kier alpha value is -2.47. The first-order valence-electron chi connectivity index (χ1n) is 6.34. The van der Waals surface area contributed by atoms with Crippen LogP contribution in [0.5, 0.6) is 0 Å². The molecule has 0 amide bonds. The van der Waals surface area contributed by atoms with Crippen LogP contribution in [0.25, 0.3) is 10.9 Å². The smallest absolute Gasteiger partial charge is 0.193 e. The normalized spacial score (nSPS) is 10.7. The van der Waals surface area contributed by atoms with Crippen LogP contribution in [0.2, 0.25) is 0 Å². The summed E-state index contributed by atoms with van der Waals surface area (Å²) in [4.78, 5) is 13.1. The molecule has 0 saturated carbocycles. The number of amidine groups is 1. The number of fused-ring (bicyclic) bond motifs is 1. The van der Waals surface area contributed by atoms with Crippen molar-refractivity contribution in [2.24, 2.45) is 5.73 Å². The lowest BCUT2D eigenvalue weighted by Gasteiger charge is -2.08. The number of nitrogens with one attached hydrogen (secondary N) is 1. The molecule has 0 bridgehead atoms. The summed E-state index contributed by atoms with van der Waals surface area (Å²) in [6, 6.07) is 9.62. The van der Waals surface area contributed by atoms with E-state index in [-0.39, 0.29) is 5.84 Å². The van der Waals surface area contributed by atoms with E-state index >= 15 is 0 Å². The second-order valence-corrected chi connectivity index (χ2v) is 5.55. The first-order valence-corrected chi connectivity index (χ1v) is 7.16. The molecule has 0 spiro atoms. The van der Waals surface area contributed by atoms with Gasteiger partial charge in [0.05, 0.1) is 5.52 Å². The lowest BCUT2D eigenvalue weighted by molar-refractivity contribution is 0.945. The standard InChI is InChI=1S/C15H13N5S/c1-9-7-18-15(19-8-9)21-14-11(13(16)17)6-10-4-2-3-5-12(10)20-14/h2-8H,1H3,(H3,16,17). The molecule has 0 aliphatic carbocycles. The summed E-state index contributed by atoms with van der Waals surface area (Å²) in [7, 11) is 0. The van der Waals surface area contributed by atoms with Crippen molar-refractivity contribution in [1.29, 1.82) is 5.41 Å². The number of nitrogens with zero attached hydrogens (tertiary/aromatic N) is 3. The van der Waals surface area contributed by atoms with Crippen LogP contribution in [0.15, 0.2) is 52.9 Å². The van der Waals surface area contributed by atoms with Gasteiger partial charge in [0.25, 0.3) is 0 Å². The lowest BCUT2D eigenvalue weighted by Crippen LogP contribution is -2.13.